The van der Waals surface area contributed by atoms with Crippen molar-refractivity contribution in [1.82, 2.24) is 5.32 Å². The molecule has 0 unspecified atom stereocenters. The summed E-state index contributed by atoms with van der Waals surface area (Å²) in [6.07, 6.45) is 0.210. The monoisotopic (exact) mass is 331 g/mol. The molecule has 6 nitrogen and oxygen atoms in total. The molecule has 0 bridgehead atoms. The third-order valence-electron chi connectivity index (χ3n) is 3.10. The first-order valence-electron chi connectivity index (χ1n) is 7.51. The van der Waals surface area contributed by atoms with Gasteiger partial charge in [0, 0.05) is 11.1 Å². The minimum Gasteiger partial charge on any atom is -0.496 e. The van der Waals surface area contributed by atoms with Gasteiger partial charge in [-0.3, -0.25) is 4.79 Å². The second kappa shape index (κ2) is 7.21. The van der Waals surface area contributed by atoms with Gasteiger partial charge in [-0.25, -0.2) is 4.79 Å². The van der Waals surface area contributed by atoms with Gasteiger partial charge >= 0.3 is 5.97 Å². The Bertz CT molecular complexity index is 700. The highest BCUT2D eigenvalue weighted by atomic mass is 16.6. The van der Waals surface area contributed by atoms with E-state index in [1.807, 2.05) is 20.8 Å². The first-order valence-corrected chi connectivity index (χ1v) is 7.51. The van der Waals surface area contributed by atoms with Gasteiger partial charge in [-0.15, -0.1) is 0 Å². The normalized spacial score (nSPS) is 12.3. The molecule has 0 radical (unpaired) electrons. The average Bonchev–Trinajstić information content (AvgIpc) is 3.05. The maximum absolute atomic E-state index is 12.7. The van der Waals surface area contributed by atoms with Crippen molar-refractivity contribution in [2.45, 2.75) is 32.4 Å². The molecule has 1 aromatic carbocycles. The van der Waals surface area contributed by atoms with Gasteiger partial charge in [-0.1, -0.05) is 18.2 Å². The Balaban J connectivity index is 2.34. The van der Waals surface area contributed by atoms with E-state index in [0.29, 0.717) is 11.3 Å². The number of methoxy groups -OCH3 is 1. The number of ether oxygens (including phenoxy) is 2. The zero-order chi connectivity index (χ0) is 17.7. The van der Waals surface area contributed by atoms with Crippen LogP contribution in [0.4, 0.5) is 0 Å². The van der Waals surface area contributed by atoms with E-state index < -0.39 is 23.5 Å². The summed E-state index contributed by atoms with van der Waals surface area (Å²) >= 11 is 0. The van der Waals surface area contributed by atoms with Gasteiger partial charge < -0.3 is 19.2 Å². The summed E-state index contributed by atoms with van der Waals surface area (Å²) < 4.78 is 15.7. The Labute approximate surface area is 140 Å². The lowest BCUT2D eigenvalue weighted by atomic mass is 10.0. The number of amides is 1. The Morgan fingerprint density at radius 1 is 1.12 bits per heavy atom. The summed E-state index contributed by atoms with van der Waals surface area (Å²) in [7, 11) is 1.49. The highest BCUT2D eigenvalue weighted by Crippen LogP contribution is 2.29. The SMILES string of the molecule is COc1ccccc1[C@@H](OC(=O)c1ccco1)C(=O)NC(C)(C)C. The van der Waals surface area contributed by atoms with Crippen LogP contribution in [-0.4, -0.2) is 24.5 Å². The molecule has 0 fully saturated rings. The van der Waals surface area contributed by atoms with Crippen LogP contribution in [0.3, 0.4) is 0 Å². The Kier molecular flexibility index (Phi) is 5.28. The quantitative estimate of drug-likeness (QED) is 0.852. The largest absolute Gasteiger partial charge is 0.496 e. The lowest BCUT2D eigenvalue weighted by Gasteiger charge is -2.25. The predicted octanol–water partition coefficient (Wildman–Crippen LogP) is 3.10. The molecule has 0 aliphatic rings. The molecule has 6 heteroatoms. The molecule has 0 saturated heterocycles. The van der Waals surface area contributed by atoms with Crippen molar-refractivity contribution in [2.75, 3.05) is 7.11 Å². The van der Waals surface area contributed by atoms with Gasteiger partial charge in [0.15, 0.2) is 0 Å². The average molecular weight is 331 g/mol. The maximum atomic E-state index is 12.7. The smallest absolute Gasteiger partial charge is 0.375 e. The van der Waals surface area contributed by atoms with Gasteiger partial charge in [-0.2, -0.15) is 0 Å². The molecule has 1 amide bonds. The third kappa shape index (κ3) is 4.38. The highest BCUT2D eigenvalue weighted by molar-refractivity contribution is 5.91. The Hall–Kier alpha value is -2.76. The number of furan rings is 1. The summed E-state index contributed by atoms with van der Waals surface area (Å²) in [5.41, 5.74) is -0.0179. The fourth-order valence-electron chi connectivity index (χ4n) is 2.14. The lowest BCUT2D eigenvalue weighted by Crippen LogP contribution is -2.44. The number of hydrogen-bond donors (Lipinski definition) is 1. The van der Waals surface area contributed by atoms with Crippen molar-refractivity contribution < 1.29 is 23.5 Å². The summed E-state index contributed by atoms with van der Waals surface area (Å²) in [5.74, 6) is -0.677. The van der Waals surface area contributed by atoms with E-state index in [1.165, 1.54) is 19.4 Å². The van der Waals surface area contributed by atoms with Crippen LogP contribution in [0.25, 0.3) is 0 Å². The van der Waals surface area contributed by atoms with Crippen LogP contribution >= 0.6 is 0 Å². The summed E-state index contributed by atoms with van der Waals surface area (Å²) in [6.45, 7) is 5.54. The fraction of sp³-hybridized carbons (Fsp3) is 0.333. The fourth-order valence-corrected chi connectivity index (χ4v) is 2.14. The topological polar surface area (TPSA) is 77.8 Å². The van der Waals surface area contributed by atoms with Gasteiger partial charge in [-0.05, 0) is 39.0 Å². The number of esters is 1. The van der Waals surface area contributed by atoms with Gasteiger partial charge in [0.1, 0.15) is 5.75 Å². The van der Waals surface area contributed by atoms with E-state index in [4.69, 9.17) is 13.9 Å². The molecule has 1 N–H and O–H groups in total. The second-order valence-electron chi connectivity index (χ2n) is 6.24. The van der Waals surface area contributed by atoms with Crippen LogP contribution in [0, 0.1) is 0 Å². The first-order chi connectivity index (χ1) is 11.3. The van der Waals surface area contributed by atoms with E-state index in [-0.39, 0.29) is 5.76 Å². The minimum absolute atomic E-state index is 0.0263. The molecule has 2 aromatic rings. The molecule has 24 heavy (non-hydrogen) atoms. The van der Waals surface area contributed by atoms with Crippen molar-refractivity contribution in [3.63, 3.8) is 0 Å². The first kappa shape index (κ1) is 17.6. The van der Waals surface area contributed by atoms with Gasteiger partial charge in [0.2, 0.25) is 11.9 Å². The van der Waals surface area contributed by atoms with E-state index in [9.17, 15) is 9.59 Å². The molecular formula is C18H21NO5. The van der Waals surface area contributed by atoms with E-state index in [2.05, 4.69) is 5.32 Å². The molecular weight excluding hydrogens is 310 g/mol. The predicted molar refractivity (Wildman–Crippen MR) is 87.8 cm³/mol. The highest BCUT2D eigenvalue weighted by Gasteiger charge is 2.31. The third-order valence-corrected chi connectivity index (χ3v) is 3.10. The molecule has 1 heterocycles. The maximum Gasteiger partial charge on any atom is 0.375 e. The molecule has 0 saturated carbocycles. The number of benzene rings is 1. The van der Waals surface area contributed by atoms with Gasteiger partial charge in [0.25, 0.3) is 5.91 Å². The summed E-state index contributed by atoms with van der Waals surface area (Å²) in [5, 5.41) is 2.82. The molecule has 128 valence electrons. The number of hydrogen-bond acceptors (Lipinski definition) is 5. The summed E-state index contributed by atoms with van der Waals surface area (Å²) in [6, 6.07) is 9.95. The van der Waals surface area contributed by atoms with Crippen molar-refractivity contribution in [2.24, 2.45) is 0 Å². The number of nitrogens with one attached hydrogen (secondary N) is 1. The molecule has 1 atom stereocenters. The zero-order valence-corrected chi connectivity index (χ0v) is 14.2. The summed E-state index contributed by atoms with van der Waals surface area (Å²) in [4.78, 5) is 24.9. The number of carbonyl (C=O) groups is 2. The van der Waals surface area contributed by atoms with Crippen molar-refractivity contribution in [3.05, 3.63) is 54.0 Å². The molecule has 0 spiro atoms. The van der Waals surface area contributed by atoms with Crippen molar-refractivity contribution >= 4 is 11.9 Å². The van der Waals surface area contributed by atoms with E-state index in [1.54, 1.807) is 30.3 Å². The van der Waals surface area contributed by atoms with Crippen LogP contribution in [-0.2, 0) is 9.53 Å². The lowest BCUT2D eigenvalue weighted by molar-refractivity contribution is -0.132. The van der Waals surface area contributed by atoms with Crippen LogP contribution in [0.15, 0.2) is 47.1 Å². The Morgan fingerprint density at radius 3 is 2.42 bits per heavy atom. The molecule has 1 aromatic heterocycles. The standard InChI is InChI=1S/C18H21NO5/c1-18(2,3)19-16(20)15(12-8-5-6-9-13(12)22-4)24-17(21)14-10-7-11-23-14/h5-11,15H,1-4H3,(H,19,20)/t15-/m1/s1. The van der Waals surface area contributed by atoms with Crippen LogP contribution < -0.4 is 10.1 Å². The number of carbonyl (C=O) groups excluding carboxylic acids is 2. The van der Waals surface area contributed by atoms with E-state index >= 15 is 0 Å². The molecule has 0 aliphatic carbocycles. The van der Waals surface area contributed by atoms with Gasteiger partial charge in [0.05, 0.1) is 13.4 Å². The van der Waals surface area contributed by atoms with Crippen LogP contribution in [0.1, 0.15) is 43.0 Å². The minimum atomic E-state index is -1.15. The Morgan fingerprint density at radius 2 is 1.83 bits per heavy atom. The van der Waals surface area contributed by atoms with Crippen molar-refractivity contribution in [1.29, 1.82) is 0 Å². The number of para-hydroxylation sites is 1. The second-order valence-corrected chi connectivity index (χ2v) is 6.24. The van der Waals surface area contributed by atoms with E-state index in [0.717, 1.165) is 0 Å². The van der Waals surface area contributed by atoms with Crippen molar-refractivity contribution in [3.8, 4) is 5.75 Å². The molecule has 2 rings (SSSR count). The van der Waals surface area contributed by atoms with Crippen LogP contribution in [0.2, 0.25) is 0 Å². The molecule has 0 aliphatic heterocycles. The number of rotatable bonds is 5. The van der Waals surface area contributed by atoms with Crippen LogP contribution in [0.5, 0.6) is 5.75 Å². The zero-order valence-electron chi connectivity index (χ0n) is 14.2.